The van der Waals surface area contributed by atoms with E-state index in [-0.39, 0.29) is 11.8 Å². The van der Waals surface area contributed by atoms with E-state index >= 15 is 0 Å². The van der Waals surface area contributed by atoms with Crippen LogP contribution >= 0.6 is 0 Å². The Labute approximate surface area is 148 Å². The lowest BCUT2D eigenvalue weighted by Gasteiger charge is -2.21. The highest BCUT2D eigenvalue weighted by Gasteiger charge is 2.41. The van der Waals surface area contributed by atoms with Gasteiger partial charge >= 0.3 is 6.03 Å². The van der Waals surface area contributed by atoms with Gasteiger partial charge in [-0.25, -0.2) is 9.18 Å². The van der Waals surface area contributed by atoms with Crippen LogP contribution in [-0.4, -0.2) is 48.6 Å². The molecule has 136 valence electrons. The number of nitrogens with zero attached hydrogens (tertiary/aromatic N) is 1. The predicted molar refractivity (Wildman–Crippen MR) is 98.3 cm³/mol. The van der Waals surface area contributed by atoms with Crippen molar-refractivity contribution in [2.45, 2.75) is 26.2 Å². The summed E-state index contributed by atoms with van der Waals surface area (Å²) >= 11 is 0. The zero-order chi connectivity index (χ0) is 17.8. The molecule has 1 heterocycles. The molecule has 0 spiro atoms. The molecule has 3 N–H and O–H groups in total. The van der Waals surface area contributed by atoms with Crippen LogP contribution in [0.2, 0.25) is 0 Å². The maximum absolute atomic E-state index is 13.5. The zero-order valence-electron chi connectivity index (χ0n) is 14.9. The molecular formula is C19H27FN4O. The molecule has 0 bridgehead atoms. The number of H-pyrrole nitrogens is 1. The van der Waals surface area contributed by atoms with E-state index in [1.165, 1.54) is 11.6 Å². The summed E-state index contributed by atoms with van der Waals surface area (Å²) < 4.78 is 13.5. The fraction of sp³-hybridized carbons (Fsp3) is 0.526. The van der Waals surface area contributed by atoms with Gasteiger partial charge in [-0.2, -0.15) is 0 Å². The number of carbonyl (C=O) groups is 1. The minimum atomic E-state index is -0.208. The highest BCUT2D eigenvalue weighted by atomic mass is 19.1. The third kappa shape index (κ3) is 4.12. The molecule has 0 radical (unpaired) electrons. The number of aromatic amines is 1. The molecule has 3 rings (SSSR count). The molecule has 1 fully saturated rings. The van der Waals surface area contributed by atoms with E-state index in [1.807, 2.05) is 24.9 Å². The monoisotopic (exact) mass is 346 g/mol. The van der Waals surface area contributed by atoms with E-state index in [0.29, 0.717) is 24.9 Å². The van der Waals surface area contributed by atoms with Crippen molar-refractivity contribution in [2.24, 2.45) is 5.92 Å². The number of hydrogen-bond acceptors (Lipinski definition) is 2. The Kier molecular flexibility index (Phi) is 5.58. The Hall–Kier alpha value is -2.08. The number of hydrogen-bond donors (Lipinski definition) is 3. The largest absolute Gasteiger partial charge is 0.361 e. The summed E-state index contributed by atoms with van der Waals surface area (Å²) in [5, 5.41) is 7.11. The van der Waals surface area contributed by atoms with Crippen LogP contribution in [0, 0.1) is 11.7 Å². The third-order valence-electron chi connectivity index (χ3n) is 4.95. The summed E-state index contributed by atoms with van der Waals surface area (Å²) in [6, 6.07) is 4.85. The number of aromatic nitrogens is 1. The van der Waals surface area contributed by atoms with E-state index < -0.39 is 0 Å². The maximum Gasteiger partial charge on any atom is 0.317 e. The van der Waals surface area contributed by atoms with Crippen LogP contribution in [0.15, 0.2) is 24.4 Å². The van der Waals surface area contributed by atoms with Gasteiger partial charge in [0.05, 0.1) is 0 Å². The summed E-state index contributed by atoms with van der Waals surface area (Å²) in [5.41, 5.74) is 2.14. The van der Waals surface area contributed by atoms with Crippen molar-refractivity contribution in [1.29, 1.82) is 0 Å². The average Bonchev–Trinajstić information content (AvgIpc) is 3.25. The normalized spacial score (nSPS) is 19.2. The number of carbonyl (C=O) groups excluding carboxylic acids is 1. The van der Waals surface area contributed by atoms with Crippen molar-refractivity contribution in [3.05, 3.63) is 35.8 Å². The molecule has 2 aromatic rings. The Morgan fingerprint density at radius 3 is 2.96 bits per heavy atom. The first-order valence-corrected chi connectivity index (χ1v) is 9.14. The average molecular weight is 346 g/mol. The minimum Gasteiger partial charge on any atom is -0.361 e. The second-order valence-electron chi connectivity index (χ2n) is 6.66. The zero-order valence-corrected chi connectivity index (χ0v) is 14.9. The van der Waals surface area contributed by atoms with Crippen molar-refractivity contribution in [3.63, 3.8) is 0 Å². The second kappa shape index (κ2) is 7.87. The van der Waals surface area contributed by atoms with Gasteiger partial charge in [0.15, 0.2) is 0 Å². The molecule has 2 amide bonds. The molecule has 25 heavy (non-hydrogen) atoms. The van der Waals surface area contributed by atoms with Gasteiger partial charge in [0.2, 0.25) is 0 Å². The highest BCUT2D eigenvalue weighted by Crippen LogP contribution is 2.49. The molecule has 2 atom stereocenters. The fourth-order valence-electron chi connectivity index (χ4n) is 3.44. The van der Waals surface area contributed by atoms with Crippen molar-refractivity contribution in [2.75, 3.05) is 32.7 Å². The first-order valence-electron chi connectivity index (χ1n) is 9.14. The van der Waals surface area contributed by atoms with Gasteiger partial charge in [-0.3, -0.25) is 0 Å². The summed E-state index contributed by atoms with van der Waals surface area (Å²) in [7, 11) is 0. The summed E-state index contributed by atoms with van der Waals surface area (Å²) in [6.45, 7) is 7.81. The van der Waals surface area contributed by atoms with Gasteiger partial charge in [0.25, 0.3) is 0 Å². The number of benzene rings is 1. The Balaban J connectivity index is 1.57. The minimum absolute atomic E-state index is 0.00368. The standard InChI is InChI=1S/C19H27FN4O/c1-3-21-7-8-22-19(25)24(4-2)12-13-9-15(13)17-11-23-18-6-5-14(20)10-16(17)18/h5-6,10-11,13,15,21,23H,3-4,7-9,12H2,1-2H3,(H,22,25)/t13-,15+/m0/s1. The number of amides is 2. The number of likely N-dealkylation sites (N-methyl/N-ethyl adjacent to an activating group) is 1. The van der Waals surface area contributed by atoms with E-state index in [9.17, 15) is 9.18 Å². The van der Waals surface area contributed by atoms with Crippen LogP contribution in [-0.2, 0) is 0 Å². The van der Waals surface area contributed by atoms with Crippen LogP contribution in [0.5, 0.6) is 0 Å². The molecule has 1 aliphatic rings. The molecule has 6 heteroatoms. The molecule has 0 aliphatic heterocycles. The van der Waals surface area contributed by atoms with Gasteiger partial charge < -0.3 is 20.5 Å². The van der Waals surface area contributed by atoms with Crippen molar-refractivity contribution in [1.82, 2.24) is 20.5 Å². The Bertz CT molecular complexity index is 729. The predicted octanol–water partition coefficient (Wildman–Crippen LogP) is 3.05. The number of urea groups is 1. The SMILES string of the molecule is CCNCCNC(=O)N(CC)C[C@@H]1C[C@H]1c1c[nH]c2ccc(F)cc12. The molecule has 1 aromatic carbocycles. The van der Waals surface area contributed by atoms with Crippen molar-refractivity contribution >= 4 is 16.9 Å². The van der Waals surface area contributed by atoms with Crippen LogP contribution < -0.4 is 10.6 Å². The molecule has 0 unspecified atom stereocenters. The number of halogens is 1. The van der Waals surface area contributed by atoms with Gasteiger partial charge in [-0.05, 0) is 55.5 Å². The smallest absolute Gasteiger partial charge is 0.317 e. The maximum atomic E-state index is 13.5. The van der Waals surface area contributed by atoms with Crippen LogP contribution in [0.1, 0.15) is 31.7 Å². The lowest BCUT2D eigenvalue weighted by Crippen LogP contribution is -2.43. The molecule has 1 aliphatic carbocycles. The van der Waals surface area contributed by atoms with Gasteiger partial charge in [-0.1, -0.05) is 6.92 Å². The third-order valence-corrected chi connectivity index (χ3v) is 4.95. The van der Waals surface area contributed by atoms with Crippen LogP contribution in [0.4, 0.5) is 9.18 Å². The Morgan fingerprint density at radius 1 is 1.36 bits per heavy atom. The van der Waals surface area contributed by atoms with E-state index in [4.69, 9.17) is 0 Å². The first kappa shape index (κ1) is 17.7. The molecule has 5 nitrogen and oxygen atoms in total. The van der Waals surface area contributed by atoms with Crippen LogP contribution in [0.25, 0.3) is 10.9 Å². The topological polar surface area (TPSA) is 60.2 Å². The molecule has 1 saturated carbocycles. The van der Waals surface area contributed by atoms with Crippen molar-refractivity contribution in [3.8, 4) is 0 Å². The van der Waals surface area contributed by atoms with Crippen LogP contribution in [0.3, 0.4) is 0 Å². The summed E-state index contributed by atoms with van der Waals surface area (Å²) in [4.78, 5) is 17.4. The molecule has 1 aromatic heterocycles. The van der Waals surface area contributed by atoms with Gasteiger partial charge in [0, 0.05) is 43.3 Å². The van der Waals surface area contributed by atoms with Gasteiger partial charge in [-0.15, -0.1) is 0 Å². The number of fused-ring (bicyclic) bond motifs is 1. The Morgan fingerprint density at radius 2 is 2.20 bits per heavy atom. The lowest BCUT2D eigenvalue weighted by atomic mass is 10.1. The van der Waals surface area contributed by atoms with E-state index in [1.54, 1.807) is 12.1 Å². The second-order valence-corrected chi connectivity index (χ2v) is 6.66. The summed E-state index contributed by atoms with van der Waals surface area (Å²) in [5.74, 6) is 0.640. The molecule has 0 saturated heterocycles. The summed E-state index contributed by atoms with van der Waals surface area (Å²) in [6.07, 6.45) is 3.03. The first-order chi connectivity index (χ1) is 12.1. The fourth-order valence-corrected chi connectivity index (χ4v) is 3.44. The number of nitrogens with one attached hydrogen (secondary N) is 3. The quantitative estimate of drug-likeness (QED) is 0.644. The van der Waals surface area contributed by atoms with E-state index in [2.05, 4.69) is 15.6 Å². The van der Waals surface area contributed by atoms with E-state index in [0.717, 1.165) is 37.0 Å². The highest BCUT2D eigenvalue weighted by molar-refractivity contribution is 5.84. The van der Waals surface area contributed by atoms with Crippen molar-refractivity contribution < 1.29 is 9.18 Å². The number of rotatable bonds is 8. The lowest BCUT2D eigenvalue weighted by molar-refractivity contribution is 0.198. The van der Waals surface area contributed by atoms with Gasteiger partial charge in [0.1, 0.15) is 5.82 Å². The molecular weight excluding hydrogens is 319 g/mol.